The third kappa shape index (κ3) is 3.23. The lowest BCUT2D eigenvalue weighted by Crippen LogP contribution is -2.41. The number of aryl methyl sites for hydroxylation is 1. The Morgan fingerprint density at radius 1 is 1.36 bits per heavy atom. The smallest absolute Gasteiger partial charge is 0.243 e. The van der Waals surface area contributed by atoms with Gasteiger partial charge in [0.15, 0.2) is 5.76 Å². The molecule has 0 unspecified atom stereocenters. The molecule has 1 aromatic carbocycles. The van der Waals surface area contributed by atoms with E-state index in [1.165, 1.54) is 4.31 Å². The first-order valence-electron chi connectivity index (χ1n) is 7.32. The van der Waals surface area contributed by atoms with Crippen LogP contribution in [0.15, 0.2) is 41.5 Å². The van der Waals surface area contributed by atoms with E-state index in [-0.39, 0.29) is 16.4 Å². The summed E-state index contributed by atoms with van der Waals surface area (Å²) >= 11 is 0. The molecular weight excluding hydrogens is 302 g/mol. The van der Waals surface area contributed by atoms with E-state index in [1.54, 1.807) is 31.2 Å². The van der Waals surface area contributed by atoms with Gasteiger partial charge in [-0.2, -0.15) is 4.31 Å². The average Bonchev–Trinajstić information content (AvgIpc) is 2.97. The summed E-state index contributed by atoms with van der Waals surface area (Å²) in [4.78, 5) is 12.6. The average molecular weight is 323 g/mol. The van der Waals surface area contributed by atoms with Crippen molar-refractivity contribution in [2.24, 2.45) is 0 Å². The predicted octanol–water partition coefficient (Wildman–Crippen LogP) is 2.27. The Bertz CT molecular complexity index is 664. The summed E-state index contributed by atoms with van der Waals surface area (Å²) in [6.45, 7) is 7.92. The Labute approximate surface area is 131 Å². The zero-order valence-electron chi connectivity index (χ0n) is 12.9. The number of ketones is 1. The molecule has 6 heteroatoms. The number of carbonyl (C=O) groups is 1. The molecule has 1 heterocycles. The van der Waals surface area contributed by atoms with Crippen LogP contribution >= 0.6 is 0 Å². The molecule has 1 aliphatic heterocycles. The summed E-state index contributed by atoms with van der Waals surface area (Å²) in [5.74, 6) is -0.325. The van der Waals surface area contributed by atoms with Crippen molar-refractivity contribution < 1.29 is 17.9 Å². The monoisotopic (exact) mass is 323 g/mol. The van der Waals surface area contributed by atoms with Crippen LogP contribution in [0.25, 0.3) is 0 Å². The molecule has 2 rings (SSSR count). The van der Waals surface area contributed by atoms with Crippen LogP contribution in [0.4, 0.5) is 0 Å². The minimum atomic E-state index is -3.68. The molecule has 0 amide bonds. The van der Waals surface area contributed by atoms with Crippen LogP contribution in [0.1, 0.15) is 25.3 Å². The minimum Gasteiger partial charge on any atom is -0.491 e. The molecule has 1 saturated heterocycles. The van der Waals surface area contributed by atoms with E-state index in [9.17, 15) is 13.2 Å². The highest BCUT2D eigenvalue weighted by molar-refractivity contribution is 7.89. The number of nitrogens with zero attached hydrogens (tertiary/aromatic N) is 1. The van der Waals surface area contributed by atoms with Crippen molar-refractivity contribution >= 4 is 15.8 Å². The third-order valence-electron chi connectivity index (χ3n) is 3.73. The van der Waals surface area contributed by atoms with E-state index < -0.39 is 16.1 Å². The summed E-state index contributed by atoms with van der Waals surface area (Å²) in [6, 6.07) is 5.92. The van der Waals surface area contributed by atoms with Gasteiger partial charge in [-0.1, -0.05) is 24.3 Å². The number of benzene rings is 1. The van der Waals surface area contributed by atoms with Crippen molar-refractivity contribution in [3.05, 3.63) is 42.2 Å². The number of sulfonamides is 1. The predicted molar refractivity (Wildman–Crippen MR) is 83.9 cm³/mol. The summed E-state index contributed by atoms with van der Waals surface area (Å²) < 4.78 is 31.9. The lowest BCUT2D eigenvalue weighted by atomic mass is 10.1. The van der Waals surface area contributed by atoms with Gasteiger partial charge < -0.3 is 4.74 Å². The Hall–Kier alpha value is -1.66. The fraction of sp³-hybridized carbons (Fsp3) is 0.438. The second-order valence-electron chi connectivity index (χ2n) is 5.31. The Balaban J connectivity index is 2.28. The SMILES string of the molecule is C=C(OCC)C(=O)[C@@H]1CCCN1S(=O)(=O)c1ccc(C)cc1. The molecule has 1 aliphatic rings. The van der Waals surface area contributed by atoms with Crippen LogP contribution in [-0.4, -0.2) is 37.7 Å². The highest BCUT2D eigenvalue weighted by Gasteiger charge is 2.40. The fourth-order valence-corrected chi connectivity index (χ4v) is 4.22. The largest absolute Gasteiger partial charge is 0.491 e. The highest BCUT2D eigenvalue weighted by Crippen LogP contribution is 2.28. The summed E-state index contributed by atoms with van der Waals surface area (Å²) in [5, 5.41) is 0. The van der Waals surface area contributed by atoms with E-state index >= 15 is 0 Å². The molecule has 0 spiro atoms. The Kier molecular flexibility index (Phi) is 5.03. The number of Topliss-reactive ketones (excluding diaryl/α,β-unsaturated/α-hetero) is 1. The van der Waals surface area contributed by atoms with Crippen molar-refractivity contribution in [3.8, 4) is 0 Å². The third-order valence-corrected chi connectivity index (χ3v) is 5.65. The molecule has 1 aromatic rings. The van der Waals surface area contributed by atoms with Crippen LogP contribution in [0.2, 0.25) is 0 Å². The Morgan fingerprint density at radius 3 is 2.59 bits per heavy atom. The van der Waals surface area contributed by atoms with Crippen LogP contribution in [0, 0.1) is 6.92 Å². The first-order valence-corrected chi connectivity index (χ1v) is 8.76. The lowest BCUT2D eigenvalue weighted by molar-refractivity contribution is -0.121. The van der Waals surface area contributed by atoms with Gasteiger partial charge in [0, 0.05) is 6.54 Å². The number of carbonyl (C=O) groups excluding carboxylic acids is 1. The van der Waals surface area contributed by atoms with Crippen molar-refractivity contribution in [3.63, 3.8) is 0 Å². The fourth-order valence-electron chi connectivity index (χ4n) is 2.57. The van der Waals surface area contributed by atoms with Gasteiger partial charge >= 0.3 is 0 Å². The van der Waals surface area contributed by atoms with Crippen LogP contribution in [0.5, 0.6) is 0 Å². The van der Waals surface area contributed by atoms with Gasteiger partial charge in [-0.3, -0.25) is 4.79 Å². The van der Waals surface area contributed by atoms with Crippen molar-refractivity contribution in [2.75, 3.05) is 13.2 Å². The minimum absolute atomic E-state index is 0.0264. The maximum Gasteiger partial charge on any atom is 0.243 e. The highest BCUT2D eigenvalue weighted by atomic mass is 32.2. The maximum atomic E-state index is 12.7. The molecule has 1 atom stereocenters. The standard InChI is InChI=1S/C16H21NO4S/c1-4-21-13(3)16(18)15-6-5-11-17(15)22(19,20)14-9-7-12(2)8-10-14/h7-10,15H,3-6,11H2,1-2H3/t15-/m0/s1. The van der Waals surface area contributed by atoms with Gasteiger partial charge in [-0.25, -0.2) is 8.42 Å². The van der Waals surface area contributed by atoms with Gasteiger partial charge in [0.05, 0.1) is 17.5 Å². The normalized spacial score (nSPS) is 19.1. The summed E-state index contributed by atoms with van der Waals surface area (Å²) in [5.41, 5.74) is 0.984. The van der Waals surface area contributed by atoms with Crippen molar-refractivity contribution in [1.82, 2.24) is 4.31 Å². The van der Waals surface area contributed by atoms with Gasteiger partial charge in [0.25, 0.3) is 0 Å². The van der Waals surface area contributed by atoms with Crippen LogP contribution in [0.3, 0.4) is 0 Å². The topological polar surface area (TPSA) is 63.7 Å². The van der Waals surface area contributed by atoms with Gasteiger partial charge in [0.2, 0.25) is 15.8 Å². The molecule has 1 fully saturated rings. The van der Waals surface area contributed by atoms with E-state index in [1.807, 2.05) is 6.92 Å². The lowest BCUT2D eigenvalue weighted by Gasteiger charge is -2.23. The zero-order valence-corrected chi connectivity index (χ0v) is 13.7. The first-order chi connectivity index (χ1) is 10.4. The van der Waals surface area contributed by atoms with E-state index in [4.69, 9.17) is 4.74 Å². The van der Waals surface area contributed by atoms with E-state index in [2.05, 4.69) is 6.58 Å². The molecule has 0 aliphatic carbocycles. The van der Waals surface area contributed by atoms with Gasteiger partial charge in [0.1, 0.15) is 0 Å². The van der Waals surface area contributed by atoms with Crippen molar-refractivity contribution in [1.29, 1.82) is 0 Å². The van der Waals surface area contributed by atoms with Crippen LogP contribution in [-0.2, 0) is 19.6 Å². The van der Waals surface area contributed by atoms with Gasteiger partial charge in [-0.15, -0.1) is 0 Å². The quantitative estimate of drug-likeness (QED) is 0.595. The maximum absolute atomic E-state index is 12.7. The van der Waals surface area contributed by atoms with E-state index in [0.717, 1.165) is 5.56 Å². The molecule has 5 nitrogen and oxygen atoms in total. The van der Waals surface area contributed by atoms with E-state index in [0.29, 0.717) is 26.0 Å². The van der Waals surface area contributed by atoms with Crippen LogP contribution < -0.4 is 0 Å². The first kappa shape index (κ1) is 16.7. The summed E-state index contributed by atoms with van der Waals surface area (Å²) in [6.07, 6.45) is 1.15. The number of rotatable bonds is 6. The Morgan fingerprint density at radius 2 is 2.00 bits per heavy atom. The molecule has 0 radical (unpaired) electrons. The molecule has 0 N–H and O–H groups in total. The summed E-state index contributed by atoms with van der Waals surface area (Å²) in [7, 11) is -3.68. The molecule has 120 valence electrons. The molecule has 0 saturated carbocycles. The van der Waals surface area contributed by atoms with Gasteiger partial charge in [-0.05, 0) is 38.8 Å². The molecular formula is C16H21NO4S. The second kappa shape index (κ2) is 6.62. The zero-order chi connectivity index (χ0) is 16.3. The second-order valence-corrected chi connectivity index (χ2v) is 7.20. The molecule has 0 bridgehead atoms. The number of hydrogen-bond acceptors (Lipinski definition) is 4. The number of hydrogen-bond donors (Lipinski definition) is 0. The molecule has 22 heavy (non-hydrogen) atoms. The molecule has 0 aromatic heterocycles. The van der Waals surface area contributed by atoms with Crippen molar-refractivity contribution in [2.45, 2.75) is 37.6 Å². The number of ether oxygens (including phenoxy) is 1.